The van der Waals surface area contributed by atoms with Crippen LogP contribution in [-0.2, 0) is 19.0 Å². The Morgan fingerprint density at radius 1 is 1.04 bits per heavy atom. The number of rotatable bonds is 5. The first-order valence-corrected chi connectivity index (χ1v) is 9.78. The van der Waals surface area contributed by atoms with Gasteiger partial charge in [-0.1, -0.05) is 55.1 Å². The number of aliphatic hydroxyl groups excluding tert-OH is 1. The van der Waals surface area contributed by atoms with E-state index in [1.54, 1.807) is 31.2 Å². The van der Waals surface area contributed by atoms with Gasteiger partial charge in [0.25, 0.3) is 0 Å². The number of hydrogen-bond acceptors (Lipinski definition) is 7. The SMILES string of the molecule is COC(=O)C1OC(Sc2ccccc2)C(OC(=O)c2ccccc2)[C@@H](C)[C@H]1O. The number of aliphatic hydroxyl groups is 1. The second kappa shape index (κ2) is 9.23. The van der Waals surface area contributed by atoms with Gasteiger partial charge in [-0.05, 0) is 24.3 Å². The first-order chi connectivity index (χ1) is 13.5. The summed E-state index contributed by atoms with van der Waals surface area (Å²) in [5, 5.41) is 10.6. The molecule has 1 N–H and O–H groups in total. The summed E-state index contributed by atoms with van der Waals surface area (Å²) in [5.41, 5.74) is -0.277. The van der Waals surface area contributed by atoms with Gasteiger partial charge in [-0.15, -0.1) is 0 Å². The molecule has 3 rings (SSSR count). The topological polar surface area (TPSA) is 82.1 Å². The molecule has 1 aliphatic rings. The zero-order valence-electron chi connectivity index (χ0n) is 15.6. The highest BCUT2D eigenvalue weighted by molar-refractivity contribution is 7.99. The van der Waals surface area contributed by atoms with Gasteiger partial charge >= 0.3 is 11.9 Å². The lowest BCUT2D eigenvalue weighted by atomic mass is 9.91. The number of ether oxygens (including phenoxy) is 3. The molecule has 5 atom stereocenters. The molecule has 0 aliphatic carbocycles. The molecule has 0 aromatic heterocycles. The number of carbonyl (C=O) groups is 2. The Hall–Kier alpha value is -2.35. The van der Waals surface area contributed by atoms with Crippen molar-refractivity contribution >= 4 is 23.7 Å². The normalized spacial score (nSPS) is 27.0. The van der Waals surface area contributed by atoms with Gasteiger partial charge in [-0.25, -0.2) is 9.59 Å². The van der Waals surface area contributed by atoms with Crippen LogP contribution in [0, 0.1) is 5.92 Å². The van der Waals surface area contributed by atoms with Gasteiger partial charge in [-0.3, -0.25) is 0 Å². The second-order valence-corrected chi connectivity index (χ2v) is 7.64. The number of esters is 2. The number of methoxy groups -OCH3 is 1. The quantitative estimate of drug-likeness (QED) is 0.770. The summed E-state index contributed by atoms with van der Waals surface area (Å²) in [6.07, 6.45) is -3.06. The molecular weight excluding hydrogens is 380 g/mol. The van der Waals surface area contributed by atoms with Crippen LogP contribution in [0.2, 0.25) is 0 Å². The molecule has 1 fully saturated rings. The van der Waals surface area contributed by atoms with Crippen molar-refractivity contribution in [1.82, 2.24) is 0 Å². The molecule has 0 spiro atoms. The molecule has 7 heteroatoms. The Morgan fingerprint density at radius 2 is 1.64 bits per heavy atom. The van der Waals surface area contributed by atoms with E-state index in [1.807, 2.05) is 36.4 Å². The Balaban J connectivity index is 1.85. The smallest absolute Gasteiger partial charge is 0.338 e. The molecule has 2 aromatic carbocycles. The molecule has 0 radical (unpaired) electrons. The van der Waals surface area contributed by atoms with Crippen molar-refractivity contribution in [2.45, 2.75) is 35.6 Å². The van der Waals surface area contributed by atoms with E-state index in [4.69, 9.17) is 14.2 Å². The molecule has 6 nitrogen and oxygen atoms in total. The molecule has 148 valence electrons. The predicted octanol–water partition coefficient (Wildman–Crippen LogP) is 2.90. The minimum absolute atomic E-state index is 0.405. The summed E-state index contributed by atoms with van der Waals surface area (Å²) in [5.74, 6) is -1.71. The van der Waals surface area contributed by atoms with Crippen molar-refractivity contribution in [3.63, 3.8) is 0 Å². The monoisotopic (exact) mass is 402 g/mol. The van der Waals surface area contributed by atoms with E-state index in [0.717, 1.165) is 4.90 Å². The Kier molecular flexibility index (Phi) is 6.72. The molecular formula is C21H22O6S. The van der Waals surface area contributed by atoms with Gasteiger partial charge in [0.2, 0.25) is 0 Å². The highest BCUT2D eigenvalue weighted by atomic mass is 32.2. The first-order valence-electron chi connectivity index (χ1n) is 8.90. The Bertz CT molecular complexity index is 797. The molecule has 1 saturated heterocycles. The number of carbonyl (C=O) groups excluding carboxylic acids is 2. The zero-order chi connectivity index (χ0) is 20.1. The van der Waals surface area contributed by atoms with Crippen LogP contribution in [-0.4, -0.2) is 47.9 Å². The van der Waals surface area contributed by atoms with Crippen molar-refractivity contribution in [3.8, 4) is 0 Å². The summed E-state index contributed by atoms with van der Waals surface area (Å²) >= 11 is 1.33. The molecule has 1 heterocycles. The van der Waals surface area contributed by atoms with Crippen molar-refractivity contribution in [1.29, 1.82) is 0 Å². The van der Waals surface area contributed by atoms with Crippen molar-refractivity contribution in [2.24, 2.45) is 5.92 Å². The molecule has 1 aliphatic heterocycles. The second-order valence-electron chi connectivity index (χ2n) is 6.46. The molecule has 3 unspecified atom stereocenters. The van der Waals surface area contributed by atoms with Gasteiger partial charge in [0, 0.05) is 10.8 Å². The lowest BCUT2D eigenvalue weighted by molar-refractivity contribution is -0.194. The van der Waals surface area contributed by atoms with Crippen LogP contribution in [0.5, 0.6) is 0 Å². The van der Waals surface area contributed by atoms with E-state index in [0.29, 0.717) is 5.56 Å². The lowest BCUT2D eigenvalue weighted by Crippen LogP contribution is -2.56. The number of hydrogen-bond donors (Lipinski definition) is 1. The summed E-state index contributed by atoms with van der Waals surface area (Å²) in [6.45, 7) is 1.73. The molecule has 28 heavy (non-hydrogen) atoms. The molecule has 0 amide bonds. The maximum absolute atomic E-state index is 12.6. The van der Waals surface area contributed by atoms with Gasteiger partial charge in [0.1, 0.15) is 11.5 Å². The maximum atomic E-state index is 12.6. The van der Waals surface area contributed by atoms with Crippen molar-refractivity contribution in [2.75, 3.05) is 7.11 Å². The third kappa shape index (κ3) is 4.55. The van der Waals surface area contributed by atoms with Gasteiger partial charge in [-0.2, -0.15) is 0 Å². The van der Waals surface area contributed by atoms with Gasteiger partial charge in [0.15, 0.2) is 6.10 Å². The van der Waals surface area contributed by atoms with Crippen LogP contribution < -0.4 is 0 Å². The van der Waals surface area contributed by atoms with Crippen LogP contribution in [0.25, 0.3) is 0 Å². The van der Waals surface area contributed by atoms with Crippen molar-refractivity contribution in [3.05, 3.63) is 66.2 Å². The average molecular weight is 402 g/mol. The lowest BCUT2D eigenvalue weighted by Gasteiger charge is -2.41. The zero-order valence-corrected chi connectivity index (χ0v) is 16.4. The Morgan fingerprint density at radius 3 is 2.25 bits per heavy atom. The van der Waals surface area contributed by atoms with E-state index >= 15 is 0 Å². The summed E-state index contributed by atoms with van der Waals surface area (Å²) < 4.78 is 16.3. The van der Waals surface area contributed by atoms with Crippen molar-refractivity contribution < 1.29 is 28.9 Å². The van der Waals surface area contributed by atoms with Crippen LogP contribution in [0.4, 0.5) is 0 Å². The van der Waals surface area contributed by atoms with Gasteiger partial charge < -0.3 is 19.3 Å². The summed E-state index contributed by atoms with van der Waals surface area (Å²) in [6, 6.07) is 18.1. The third-order valence-electron chi connectivity index (χ3n) is 4.60. The van der Waals surface area contributed by atoms with Crippen LogP contribution in [0.15, 0.2) is 65.6 Å². The summed E-state index contributed by atoms with van der Waals surface area (Å²) in [7, 11) is 1.24. The maximum Gasteiger partial charge on any atom is 0.338 e. The number of benzene rings is 2. The molecule has 2 aromatic rings. The Labute approximate surface area is 167 Å². The van der Waals surface area contributed by atoms with E-state index in [-0.39, 0.29) is 0 Å². The van der Waals surface area contributed by atoms with Crippen LogP contribution in [0.1, 0.15) is 17.3 Å². The van der Waals surface area contributed by atoms with E-state index in [9.17, 15) is 14.7 Å². The van der Waals surface area contributed by atoms with E-state index in [1.165, 1.54) is 18.9 Å². The largest absolute Gasteiger partial charge is 0.467 e. The predicted molar refractivity (Wildman–Crippen MR) is 104 cm³/mol. The van der Waals surface area contributed by atoms with E-state index < -0.39 is 41.6 Å². The minimum Gasteiger partial charge on any atom is -0.467 e. The third-order valence-corrected chi connectivity index (χ3v) is 5.75. The fraction of sp³-hybridized carbons (Fsp3) is 0.333. The highest BCUT2D eigenvalue weighted by Crippen LogP contribution is 2.38. The first kappa shape index (κ1) is 20.4. The van der Waals surface area contributed by atoms with Crippen LogP contribution >= 0.6 is 11.8 Å². The molecule has 0 saturated carbocycles. The molecule has 0 bridgehead atoms. The highest BCUT2D eigenvalue weighted by Gasteiger charge is 2.48. The minimum atomic E-state index is -1.16. The average Bonchev–Trinajstić information content (AvgIpc) is 2.74. The standard InChI is InChI=1S/C21H22O6S/c1-13-16(22)18(20(24)25-2)27-21(28-15-11-7-4-8-12-15)17(13)26-19(23)14-9-5-3-6-10-14/h3-13,16-18,21-22H,1-2H3/t13-,16+,17?,18?,21?/m0/s1. The van der Waals surface area contributed by atoms with E-state index in [2.05, 4.69) is 0 Å². The summed E-state index contributed by atoms with van der Waals surface area (Å²) in [4.78, 5) is 25.5. The fourth-order valence-electron chi connectivity index (χ4n) is 2.99. The van der Waals surface area contributed by atoms with Gasteiger partial charge in [0.05, 0.1) is 18.8 Å². The van der Waals surface area contributed by atoms with Crippen LogP contribution in [0.3, 0.4) is 0 Å². The number of thioether (sulfide) groups is 1. The fourth-order valence-corrected chi connectivity index (χ4v) is 4.18.